The van der Waals surface area contributed by atoms with Crippen molar-refractivity contribution in [2.75, 3.05) is 7.11 Å². The van der Waals surface area contributed by atoms with E-state index in [1.807, 2.05) is 54.6 Å². The van der Waals surface area contributed by atoms with Gasteiger partial charge < -0.3 is 9.84 Å². The number of carboxylic acid groups (broad SMARTS) is 1. The van der Waals surface area contributed by atoms with Gasteiger partial charge in [-0.25, -0.2) is 0 Å². The van der Waals surface area contributed by atoms with E-state index in [1.165, 1.54) is 0 Å². The molecule has 1 unspecified atom stereocenters. The molecule has 4 heteroatoms. The van der Waals surface area contributed by atoms with Crippen LogP contribution in [0.1, 0.15) is 29.5 Å². The molecule has 5 aromatic rings. The Morgan fingerprint density at radius 1 is 0.800 bits per heavy atom. The quantitative estimate of drug-likeness (QED) is 0.269. The van der Waals surface area contributed by atoms with Gasteiger partial charge in [-0.05, 0) is 57.3 Å². The number of methoxy groups -OCH3 is 1. The van der Waals surface area contributed by atoms with Crippen molar-refractivity contribution in [1.29, 1.82) is 0 Å². The second-order valence-electron chi connectivity index (χ2n) is 8.93. The Kier molecular flexibility index (Phi) is 5.96. The van der Waals surface area contributed by atoms with E-state index >= 15 is 0 Å². The third-order valence-corrected chi connectivity index (χ3v) is 7.34. The number of hydrogen-bond donors (Lipinski definition) is 1. The lowest BCUT2D eigenvalue weighted by molar-refractivity contribution is -0.143. The van der Waals surface area contributed by atoms with E-state index < -0.39 is 17.3 Å². The van der Waals surface area contributed by atoms with Crippen LogP contribution in [-0.2, 0) is 10.2 Å². The van der Waals surface area contributed by atoms with Crippen molar-refractivity contribution in [1.82, 2.24) is 0 Å². The summed E-state index contributed by atoms with van der Waals surface area (Å²) < 4.78 is 5.34. The molecular formula is C31H25ClO3. The highest BCUT2D eigenvalue weighted by atomic mass is 35.5. The van der Waals surface area contributed by atoms with Crippen molar-refractivity contribution >= 4 is 39.1 Å². The summed E-state index contributed by atoms with van der Waals surface area (Å²) in [6.45, 7) is 1.79. The number of benzene rings is 5. The van der Waals surface area contributed by atoms with Crippen LogP contribution in [0.25, 0.3) is 21.5 Å². The van der Waals surface area contributed by atoms with Crippen LogP contribution in [-0.4, -0.2) is 18.2 Å². The maximum atomic E-state index is 13.3. The highest BCUT2D eigenvalue weighted by Crippen LogP contribution is 2.48. The van der Waals surface area contributed by atoms with Crippen molar-refractivity contribution in [2.45, 2.75) is 18.3 Å². The number of hydrogen-bond acceptors (Lipinski definition) is 2. The maximum absolute atomic E-state index is 13.3. The number of fused-ring (bicyclic) bond motifs is 2. The molecule has 0 amide bonds. The monoisotopic (exact) mass is 480 g/mol. The van der Waals surface area contributed by atoms with Gasteiger partial charge in [-0.15, -0.1) is 0 Å². The minimum atomic E-state index is -1.33. The number of carbonyl (C=O) groups is 1. The third kappa shape index (κ3) is 3.82. The van der Waals surface area contributed by atoms with Crippen LogP contribution < -0.4 is 4.74 Å². The van der Waals surface area contributed by atoms with E-state index in [0.717, 1.165) is 32.7 Å². The largest absolute Gasteiger partial charge is 0.495 e. The topological polar surface area (TPSA) is 46.5 Å². The van der Waals surface area contributed by atoms with Gasteiger partial charge in [0.15, 0.2) is 0 Å². The molecule has 0 aliphatic rings. The van der Waals surface area contributed by atoms with Crippen LogP contribution in [0.4, 0.5) is 0 Å². The normalized spacial score (nSPS) is 13.1. The van der Waals surface area contributed by atoms with E-state index in [9.17, 15) is 9.90 Å². The summed E-state index contributed by atoms with van der Waals surface area (Å²) >= 11 is 6.51. The first-order valence-electron chi connectivity index (χ1n) is 11.5. The molecule has 0 fully saturated rings. The fourth-order valence-electron chi connectivity index (χ4n) is 5.20. The van der Waals surface area contributed by atoms with Crippen molar-refractivity contribution in [3.8, 4) is 5.75 Å². The minimum absolute atomic E-state index is 0.382. The molecule has 3 nitrogen and oxygen atoms in total. The summed E-state index contributed by atoms with van der Waals surface area (Å²) in [5.41, 5.74) is 1.19. The summed E-state index contributed by atoms with van der Waals surface area (Å²) in [6, 6.07) is 33.7. The molecule has 35 heavy (non-hydrogen) atoms. The first-order chi connectivity index (χ1) is 16.9. The summed E-state index contributed by atoms with van der Waals surface area (Å²) in [4.78, 5) is 13.3. The Morgan fingerprint density at radius 3 is 1.80 bits per heavy atom. The van der Waals surface area contributed by atoms with Gasteiger partial charge in [0, 0.05) is 5.92 Å². The zero-order chi connectivity index (χ0) is 24.6. The number of rotatable bonds is 6. The van der Waals surface area contributed by atoms with Crippen LogP contribution in [0.2, 0.25) is 5.02 Å². The van der Waals surface area contributed by atoms with Gasteiger partial charge in [0.1, 0.15) is 11.2 Å². The average molecular weight is 481 g/mol. The van der Waals surface area contributed by atoms with Crippen molar-refractivity contribution in [3.05, 3.63) is 125 Å². The summed E-state index contributed by atoms with van der Waals surface area (Å²) in [5.74, 6) is -0.915. The van der Waals surface area contributed by atoms with Crippen molar-refractivity contribution in [3.63, 3.8) is 0 Å². The third-order valence-electron chi connectivity index (χ3n) is 7.04. The molecule has 0 aliphatic carbocycles. The smallest absolute Gasteiger partial charge is 0.314 e. The standard InChI is InChI=1S/C31H25ClO3/c1-31(30(33)34,22-17-18-28(35-2)27(32)19-22)29(25-15-7-11-20-9-3-5-13-23(20)25)26-16-8-12-21-10-4-6-14-24(21)26/h3-19,29H,1-2H3,(H,33,34). The Hall–Kier alpha value is -3.82. The Labute approximate surface area is 209 Å². The van der Waals surface area contributed by atoms with Crippen LogP contribution in [0.3, 0.4) is 0 Å². The van der Waals surface area contributed by atoms with Gasteiger partial charge in [-0.3, -0.25) is 4.79 Å². The molecule has 5 rings (SSSR count). The van der Waals surface area contributed by atoms with E-state index in [-0.39, 0.29) is 0 Å². The number of ether oxygens (including phenoxy) is 1. The minimum Gasteiger partial charge on any atom is -0.495 e. The SMILES string of the molecule is COc1ccc(C(C)(C(=O)O)C(c2cccc3ccccc23)c2cccc3ccccc23)cc1Cl. The lowest BCUT2D eigenvalue weighted by Gasteiger charge is -2.37. The molecule has 0 saturated carbocycles. The van der Waals surface area contributed by atoms with Crippen LogP contribution >= 0.6 is 11.6 Å². The van der Waals surface area contributed by atoms with Crippen LogP contribution in [0.15, 0.2) is 103 Å². The van der Waals surface area contributed by atoms with Gasteiger partial charge >= 0.3 is 5.97 Å². The molecule has 5 aromatic carbocycles. The Balaban J connectivity index is 1.89. The van der Waals surface area contributed by atoms with Crippen molar-refractivity contribution < 1.29 is 14.6 Å². The van der Waals surface area contributed by atoms with Gasteiger partial charge in [0.2, 0.25) is 0 Å². The number of carboxylic acids is 1. The molecule has 1 N–H and O–H groups in total. The molecule has 0 heterocycles. The second kappa shape index (κ2) is 9.09. The predicted octanol–water partition coefficient (Wildman–Crippen LogP) is 7.83. The number of aliphatic carboxylic acids is 1. The fourth-order valence-corrected chi connectivity index (χ4v) is 5.45. The number of halogens is 1. The average Bonchev–Trinajstić information content (AvgIpc) is 2.88. The molecule has 0 aromatic heterocycles. The van der Waals surface area contributed by atoms with Crippen molar-refractivity contribution in [2.24, 2.45) is 0 Å². The van der Waals surface area contributed by atoms with Crippen LogP contribution in [0.5, 0.6) is 5.75 Å². The van der Waals surface area contributed by atoms with Gasteiger partial charge in [-0.1, -0.05) is 103 Å². The van der Waals surface area contributed by atoms with Crippen LogP contribution in [0, 0.1) is 0 Å². The summed E-state index contributed by atoms with van der Waals surface area (Å²) in [5, 5.41) is 15.4. The Bertz CT molecular complexity index is 1470. The first-order valence-corrected chi connectivity index (χ1v) is 11.9. The van der Waals surface area contributed by atoms with Gasteiger partial charge in [0.05, 0.1) is 12.1 Å². The summed E-state index contributed by atoms with van der Waals surface area (Å²) in [7, 11) is 1.55. The van der Waals surface area contributed by atoms with Gasteiger partial charge in [-0.2, -0.15) is 0 Å². The zero-order valence-corrected chi connectivity index (χ0v) is 20.3. The van der Waals surface area contributed by atoms with E-state index in [1.54, 1.807) is 26.2 Å². The molecular weight excluding hydrogens is 456 g/mol. The first kappa shape index (κ1) is 22.9. The van der Waals surface area contributed by atoms with E-state index in [0.29, 0.717) is 16.3 Å². The highest BCUT2D eigenvalue weighted by Gasteiger charge is 2.46. The molecule has 0 radical (unpaired) electrons. The maximum Gasteiger partial charge on any atom is 0.314 e. The van der Waals surface area contributed by atoms with Gasteiger partial charge in [0.25, 0.3) is 0 Å². The highest BCUT2D eigenvalue weighted by molar-refractivity contribution is 6.32. The van der Waals surface area contributed by atoms with E-state index in [2.05, 4.69) is 36.4 Å². The summed E-state index contributed by atoms with van der Waals surface area (Å²) in [6.07, 6.45) is 0. The molecule has 0 spiro atoms. The molecule has 0 saturated heterocycles. The second-order valence-corrected chi connectivity index (χ2v) is 9.33. The Morgan fingerprint density at radius 2 is 1.31 bits per heavy atom. The lowest BCUT2D eigenvalue weighted by atomic mass is 9.64. The molecule has 0 bridgehead atoms. The predicted molar refractivity (Wildman–Crippen MR) is 143 cm³/mol. The molecule has 174 valence electrons. The zero-order valence-electron chi connectivity index (χ0n) is 19.5. The lowest BCUT2D eigenvalue weighted by Crippen LogP contribution is -2.39. The van der Waals surface area contributed by atoms with E-state index in [4.69, 9.17) is 16.3 Å². The fraction of sp³-hybridized carbons (Fsp3) is 0.129. The molecule has 0 aliphatic heterocycles. The molecule has 1 atom stereocenters.